The molecule has 0 bridgehead atoms. The Morgan fingerprint density at radius 1 is 1.37 bits per heavy atom. The van der Waals surface area contributed by atoms with Crippen LogP contribution in [0.15, 0.2) is 18.2 Å². The lowest BCUT2D eigenvalue weighted by molar-refractivity contribution is -0.119. The van der Waals surface area contributed by atoms with E-state index >= 15 is 0 Å². The zero-order valence-electron chi connectivity index (χ0n) is 11.2. The maximum absolute atomic E-state index is 12.4. The average Bonchev–Trinajstić information content (AvgIpc) is 2.98. The molecule has 4 heteroatoms. The van der Waals surface area contributed by atoms with Crippen molar-refractivity contribution >= 4 is 17.4 Å². The van der Waals surface area contributed by atoms with Crippen molar-refractivity contribution in [2.45, 2.75) is 38.1 Å². The van der Waals surface area contributed by atoms with Crippen LogP contribution in [0.25, 0.3) is 0 Å². The predicted octanol–water partition coefficient (Wildman–Crippen LogP) is 1.85. The van der Waals surface area contributed by atoms with E-state index in [0.717, 1.165) is 30.6 Å². The largest absolute Gasteiger partial charge is 0.325 e. The van der Waals surface area contributed by atoms with Gasteiger partial charge < -0.3 is 10.6 Å². The van der Waals surface area contributed by atoms with Crippen molar-refractivity contribution in [1.29, 1.82) is 0 Å². The van der Waals surface area contributed by atoms with Gasteiger partial charge in [-0.25, -0.2) is 0 Å². The van der Waals surface area contributed by atoms with E-state index in [-0.39, 0.29) is 17.7 Å². The average molecular weight is 258 g/mol. The summed E-state index contributed by atoms with van der Waals surface area (Å²) >= 11 is 0. The minimum atomic E-state index is -0.561. The van der Waals surface area contributed by atoms with Gasteiger partial charge in [0.1, 0.15) is 0 Å². The van der Waals surface area contributed by atoms with Crippen LogP contribution in [0, 0.1) is 0 Å². The van der Waals surface area contributed by atoms with E-state index in [1.165, 1.54) is 0 Å². The predicted molar refractivity (Wildman–Crippen MR) is 73.5 cm³/mol. The molecule has 0 radical (unpaired) electrons. The van der Waals surface area contributed by atoms with E-state index < -0.39 is 5.41 Å². The fourth-order valence-electron chi connectivity index (χ4n) is 2.83. The first kappa shape index (κ1) is 12.4. The summed E-state index contributed by atoms with van der Waals surface area (Å²) in [6, 6.07) is 5.45. The smallest absolute Gasteiger partial charge is 0.234 e. The summed E-state index contributed by atoms with van der Waals surface area (Å²) < 4.78 is 0. The molecule has 1 atom stereocenters. The number of Topliss-reactive ketones (excluding diaryl/α,β-unsaturated/α-hetero) is 1. The van der Waals surface area contributed by atoms with Crippen molar-refractivity contribution < 1.29 is 9.59 Å². The Balaban J connectivity index is 1.96. The Kier molecular flexibility index (Phi) is 2.71. The number of carbonyl (C=O) groups excluding carboxylic acids is 2. The lowest BCUT2D eigenvalue weighted by atomic mass is 9.84. The summed E-state index contributed by atoms with van der Waals surface area (Å²) in [4.78, 5) is 24.3. The number of ketones is 1. The zero-order chi connectivity index (χ0) is 13.6. The Bertz CT molecular complexity index is 557. The Hall–Kier alpha value is -1.68. The molecule has 4 nitrogen and oxygen atoms in total. The molecule has 1 fully saturated rings. The van der Waals surface area contributed by atoms with Crippen LogP contribution in [0.4, 0.5) is 5.69 Å². The molecule has 1 unspecified atom stereocenters. The molecule has 1 amide bonds. The molecule has 2 aliphatic rings. The van der Waals surface area contributed by atoms with E-state index in [0.29, 0.717) is 5.56 Å². The molecule has 1 saturated heterocycles. The molecule has 19 heavy (non-hydrogen) atoms. The molecule has 100 valence electrons. The van der Waals surface area contributed by atoms with Crippen molar-refractivity contribution in [3.63, 3.8) is 0 Å². The topological polar surface area (TPSA) is 58.2 Å². The van der Waals surface area contributed by atoms with E-state index in [1.807, 2.05) is 32.0 Å². The number of hydrogen-bond donors (Lipinski definition) is 2. The Morgan fingerprint density at radius 2 is 2.16 bits per heavy atom. The molecule has 0 aliphatic carbocycles. The van der Waals surface area contributed by atoms with E-state index in [9.17, 15) is 9.59 Å². The van der Waals surface area contributed by atoms with Crippen molar-refractivity contribution in [3.05, 3.63) is 29.3 Å². The van der Waals surface area contributed by atoms with Crippen LogP contribution >= 0.6 is 0 Å². The summed E-state index contributed by atoms with van der Waals surface area (Å²) in [5.74, 6) is 0.126. The highest BCUT2D eigenvalue weighted by Crippen LogP contribution is 2.37. The highest BCUT2D eigenvalue weighted by Gasteiger charge is 2.39. The number of nitrogens with one attached hydrogen (secondary N) is 2. The van der Waals surface area contributed by atoms with Crippen LogP contribution in [-0.2, 0) is 10.2 Å². The van der Waals surface area contributed by atoms with E-state index in [2.05, 4.69) is 10.6 Å². The molecule has 1 aromatic carbocycles. The van der Waals surface area contributed by atoms with Gasteiger partial charge in [0.25, 0.3) is 0 Å². The van der Waals surface area contributed by atoms with Crippen molar-refractivity contribution in [3.8, 4) is 0 Å². The summed E-state index contributed by atoms with van der Waals surface area (Å²) in [5.41, 5.74) is 1.88. The highest BCUT2D eigenvalue weighted by molar-refractivity contribution is 6.07. The summed E-state index contributed by atoms with van der Waals surface area (Å²) in [6.45, 7) is 4.68. The monoisotopic (exact) mass is 258 g/mol. The number of hydrogen-bond acceptors (Lipinski definition) is 3. The van der Waals surface area contributed by atoms with Gasteiger partial charge in [-0.15, -0.1) is 0 Å². The van der Waals surface area contributed by atoms with Crippen LogP contribution in [0.1, 0.15) is 42.6 Å². The fraction of sp³-hybridized carbons (Fsp3) is 0.467. The number of amides is 1. The van der Waals surface area contributed by atoms with Crippen molar-refractivity contribution in [2.24, 2.45) is 0 Å². The first-order chi connectivity index (χ1) is 9.00. The third kappa shape index (κ3) is 1.87. The number of benzene rings is 1. The molecule has 2 aliphatic heterocycles. The maximum Gasteiger partial charge on any atom is 0.234 e. The van der Waals surface area contributed by atoms with Gasteiger partial charge in [0.15, 0.2) is 5.78 Å². The molecule has 2 N–H and O–H groups in total. The minimum Gasteiger partial charge on any atom is -0.325 e. The lowest BCUT2D eigenvalue weighted by Crippen LogP contribution is -2.31. The molecule has 3 rings (SSSR count). The Morgan fingerprint density at radius 3 is 2.84 bits per heavy atom. The second kappa shape index (κ2) is 4.17. The number of rotatable bonds is 2. The van der Waals surface area contributed by atoms with Gasteiger partial charge in [0.2, 0.25) is 5.91 Å². The Labute approximate surface area is 112 Å². The summed E-state index contributed by atoms with van der Waals surface area (Å²) in [5, 5.41) is 6.08. The number of carbonyl (C=O) groups is 2. The highest BCUT2D eigenvalue weighted by atomic mass is 16.2. The van der Waals surface area contributed by atoms with Gasteiger partial charge in [0.05, 0.1) is 11.5 Å². The zero-order valence-corrected chi connectivity index (χ0v) is 11.2. The molecule has 1 aromatic rings. The normalized spacial score (nSPS) is 24.1. The van der Waals surface area contributed by atoms with Crippen molar-refractivity contribution in [1.82, 2.24) is 5.32 Å². The van der Waals surface area contributed by atoms with Crippen molar-refractivity contribution in [2.75, 3.05) is 11.9 Å². The number of fused-ring (bicyclic) bond motifs is 1. The van der Waals surface area contributed by atoms with Crippen LogP contribution in [0.2, 0.25) is 0 Å². The fourth-order valence-corrected chi connectivity index (χ4v) is 2.83. The molecule has 0 spiro atoms. The molecular formula is C15H18N2O2. The lowest BCUT2D eigenvalue weighted by Gasteiger charge is -2.16. The minimum absolute atomic E-state index is 0.00825. The van der Waals surface area contributed by atoms with Gasteiger partial charge >= 0.3 is 0 Å². The molecule has 0 aromatic heterocycles. The molecular weight excluding hydrogens is 240 g/mol. The van der Waals surface area contributed by atoms with E-state index in [1.54, 1.807) is 0 Å². The van der Waals surface area contributed by atoms with Crippen LogP contribution < -0.4 is 10.6 Å². The first-order valence-corrected chi connectivity index (χ1v) is 6.74. The third-order valence-corrected chi connectivity index (χ3v) is 4.17. The quantitative estimate of drug-likeness (QED) is 0.796. The van der Waals surface area contributed by atoms with Gasteiger partial charge in [-0.05, 0) is 57.0 Å². The van der Waals surface area contributed by atoms with Gasteiger partial charge in [0, 0.05) is 11.3 Å². The second-order valence-electron chi connectivity index (χ2n) is 5.85. The SMILES string of the molecule is CC1(C)C(=O)Nc2ccc(C(=O)C3CCCN3)cc21. The third-order valence-electron chi connectivity index (χ3n) is 4.17. The van der Waals surface area contributed by atoms with Crippen LogP contribution in [0.5, 0.6) is 0 Å². The standard InChI is InChI=1S/C15H18N2O2/c1-15(2)10-8-9(5-6-11(10)17-14(15)19)13(18)12-4-3-7-16-12/h5-6,8,12,16H,3-4,7H2,1-2H3,(H,17,19). The summed E-state index contributed by atoms with van der Waals surface area (Å²) in [6.07, 6.45) is 1.95. The number of anilines is 1. The maximum atomic E-state index is 12.4. The van der Waals surface area contributed by atoms with Gasteiger partial charge in [-0.2, -0.15) is 0 Å². The van der Waals surface area contributed by atoms with Crippen LogP contribution in [0.3, 0.4) is 0 Å². The van der Waals surface area contributed by atoms with Crippen LogP contribution in [-0.4, -0.2) is 24.3 Å². The second-order valence-corrected chi connectivity index (χ2v) is 5.85. The van der Waals surface area contributed by atoms with Gasteiger partial charge in [-0.3, -0.25) is 9.59 Å². The molecule has 2 heterocycles. The molecule has 0 saturated carbocycles. The first-order valence-electron chi connectivity index (χ1n) is 6.74. The van der Waals surface area contributed by atoms with Gasteiger partial charge in [-0.1, -0.05) is 0 Å². The van der Waals surface area contributed by atoms with E-state index in [4.69, 9.17) is 0 Å². The summed E-state index contributed by atoms with van der Waals surface area (Å²) in [7, 11) is 0.